The predicted octanol–water partition coefficient (Wildman–Crippen LogP) is 1.03. The van der Waals surface area contributed by atoms with E-state index < -0.39 is 0 Å². The Morgan fingerprint density at radius 3 is 3.00 bits per heavy atom. The van der Waals surface area contributed by atoms with E-state index in [1.54, 1.807) is 6.26 Å². The molecule has 17 heavy (non-hydrogen) atoms. The summed E-state index contributed by atoms with van der Waals surface area (Å²) < 4.78 is 5.24. The Labute approximate surface area is 102 Å². The maximum atomic E-state index is 12.2. The molecule has 4 nitrogen and oxygen atoms in total. The van der Waals surface area contributed by atoms with Crippen molar-refractivity contribution in [2.75, 3.05) is 33.7 Å². The van der Waals surface area contributed by atoms with Crippen LogP contribution in [0.4, 0.5) is 0 Å². The maximum absolute atomic E-state index is 12.2. The highest BCUT2D eigenvalue weighted by Gasteiger charge is 2.27. The van der Waals surface area contributed by atoms with Crippen molar-refractivity contribution in [1.82, 2.24) is 9.80 Å². The molecule has 0 N–H and O–H groups in total. The zero-order chi connectivity index (χ0) is 12.3. The molecule has 0 aliphatic carbocycles. The minimum absolute atomic E-state index is 0.00685. The SMILES string of the molecule is CN1CCCN(C)C(C(=O)Cc2ccco2)C1. The smallest absolute Gasteiger partial charge is 0.158 e. The molecular weight excluding hydrogens is 216 g/mol. The number of likely N-dealkylation sites (N-methyl/N-ethyl adjacent to an activating group) is 2. The maximum Gasteiger partial charge on any atom is 0.158 e. The van der Waals surface area contributed by atoms with Crippen molar-refractivity contribution >= 4 is 5.78 Å². The van der Waals surface area contributed by atoms with Crippen LogP contribution in [0, 0.1) is 0 Å². The van der Waals surface area contributed by atoms with Gasteiger partial charge < -0.3 is 9.32 Å². The van der Waals surface area contributed by atoms with E-state index in [1.807, 2.05) is 19.2 Å². The van der Waals surface area contributed by atoms with Crippen molar-refractivity contribution in [1.29, 1.82) is 0 Å². The average Bonchev–Trinajstić information content (AvgIpc) is 2.72. The molecule has 1 fully saturated rings. The van der Waals surface area contributed by atoms with E-state index in [0.717, 1.165) is 31.8 Å². The normalized spacial score (nSPS) is 23.5. The average molecular weight is 236 g/mol. The topological polar surface area (TPSA) is 36.7 Å². The molecule has 0 saturated carbocycles. The largest absolute Gasteiger partial charge is 0.469 e. The number of Topliss-reactive ketones (excluding diaryl/α,β-unsaturated/α-hetero) is 1. The summed E-state index contributed by atoms with van der Waals surface area (Å²) in [4.78, 5) is 16.6. The summed E-state index contributed by atoms with van der Waals surface area (Å²) in [7, 11) is 4.11. The first-order valence-corrected chi connectivity index (χ1v) is 6.10. The van der Waals surface area contributed by atoms with Gasteiger partial charge in [0.05, 0.1) is 18.7 Å². The molecule has 0 amide bonds. The lowest BCUT2D eigenvalue weighted by molar-refractivity contribution is -0.123. The van der Waals surface area contributed by atoms with Crippen LogP contribution < -0.4 is 0 Å². The summed E-state index contributed by atoms with van der Waals surface area (Å²) in [6.07, 6.45) is 3.14. The molecule has 1 saturated heterocycles. The molecule has 1 aromatic heterocycles. The third-order valence-electron chi connectivity index (χ3n) is 3.37. The van der Waals surface area contributed by atoms with Crippen LogP contribution in [-0.4, -0.2) is 55.4 Å². The Kier molecular flexibility index (Phi) is 3.97. The summed E-state index contributed by atoms with van der Waals surface area (Å²) >= 11 is 0. The molecule has 0 bridgehead atoms. The second-order valence-corrected chi connectivity index (χ2v) is 4.83. The molecule has 1 aromatic rings. The van der Waals surface area contributed by atoms with Gasteiger partial charge in [0.2, 0.25) is 0 Å². The number of ketones is 1. The summed E-state index contributed by atoms with van der Waals surface area (Å²) in [6, 6.07) is 3.68. The molecule has 1 atom stereocenters. The number of rotatable bonds is 3. The first-order valence-electron chi connectivity index (χ1n) is 6.10. The van der Waals surface area contributed by atoms with Crippen molar-refractivity contribution in [3.05, 3.63) is 24.2 Å². The van der Waals surface area contributed by atoms with Gasteiger partial charge in [-0.15, -0.1) is 0 Å². The van der Waals surface area contributed by atoms with Gasteiger partial charge in [-0.05, 0) is 45.7 Å². The minimum atomic E-state index is -0.00685. The van der Waals surface area contributed by atoms with Crippen LogP contribution in [0.15, 0.2) is 22.8 Å². The van der Waals surface area contributed by atoms with E-state index in [4.69, 9.17) is 4.42 Å². The highest BCUT2D eigenvalue weighted by molar-refractivity contribution is 5.85. The highest BCUT2D eigenvalue weighted by Crippen LogP contribution is 2.11. The van der Waals surface area contributed by atoms with Gasteiger partial charge in [0.15, 0.2) is 5.78 Å². The number of hydrogen-bond acceptors (Lipinski definition) is 4. The molecule has 94 valence electrons. The number of hydrogen-bond donors (Lipinski definition) is 0. The van der Waals surface area contributed by atoms with Crippen molar-refractivity contribution < 1.29 is 9.21 Å². The lowest BCUT2D eigenvalue weighted by Gasteiger charge is -2.25. The molecule has 4 heteroatoms. The third-order valence-corrected chi connectivity index (χ3v) is 3.37. The van der Waals surface area contributed by atoms with Crippen LogP contribution in [0.1, 0.15) is 12.2 Å². The van der Waals surface area contributed by atoms with Gasteiger partial charge in [-0.3, -0.25) is 9.69 Å². The molecule has 2 rings (SSSR count). The van der Waals surface area contributed by atoms with Crippen LogP contribution in [0.25, 0.3) is 0 Å². The standard InChI is InChI=1S/C13H20N2O2/c1-14-6-4-7-15(2)12(10-14)13(16)9-11-5-3-8-17-11/h3,5,8,12H,4,6-7,9-10H2,1-2H3. The Morgan fingerprint density at radius 1 is 1.47 bits per heavy atom. The number of carbonyl (C=O) groups is 1. The molecule has 0 aromatic carbocycles. The quantitative estimate of drug-likeness (QED) is 0.785. The molecule has 1 aliphatic heterocycles. The first-order chi connectivity index (χ1) is 8.16. The second-order valence-electron chi connectivity index (χ2n) is 4.83. The van der Waals surface area contributed by atoms with Gasteiger partial charge in [0, 0.05) is 6.54 Å². The summed E-state index contributed by atoms with van der Waals surface area (Å²) in [5.41, 5.74) is 0. The molecule has 1 aliphatic rings. The summed E-state index contributed by atoms with van der Waals surface area (Å²) in [6.45, 7) is 2.86. The lowest BCUT2D eigenvalue weighted by Crippen LogP contribution is -2.44. The Balaban J connectivity index is 2.00. The molecule has 0 spiro atoms. The van der Waals surface area contributed by atoms with E-state index in [9.17, 15) is 4.79 Å². The summed E-state index contributed by atoms with van der Waals surface area (Å²) in [5, 5.41) is 0. The zero-order valence-corrected chi connectivity index (χ0v) is 10.6. The van der Waals surface area contributed by atoms with Crippen LogP contribution in [0.5, 0.6) is 0 Å². The van der Waals surface area contributed by atoms with Crippen LogP contribution in [0.3, 0.4) is 0 Å². The summed E-state index contributed by atoms with van der Waals surface area (Å²) in [5.74, 6) is 1.01. The second kappa shape index (κ2) is 5.47. The van der Waals surface area contributed by atoms with E-state index in [-0.39, 0.29) is 11.8 Å². The van der Waals surface area contributed by atoms with Gasteiger partial charge in [-0.1, -0.05) is 0 Å². The van der Waals surface area contributed by atoms with Crippen LogP contribution in [0.2, 0.25) is 0 Å². The molecular formula is C13H20N2O2. The van der Waals surface area contributed by atoms with E-state index >= 15 is 0 Å². The van der Waals surface area contributed by atoms with Crippen molar-refractivity contribution in [2.24, 2.45) is 0 Å². The predicted molar refractivity (Wildman–Crippen MR) is 66.0 cm³/mol. The van der Waals surface area contributed by atoms with E-state index in [2.05, 4.69) is 16.8 Å². The fourth-order valence-electron chi connectivity index (χ4n) is 2.32. The van der Waals surface area contributed by atoms with Gasteiger partial charge >= 0.3 is 0 Å². The van der Waals surface area contributed by atoms with Crippen molar-refractivity contribution in [3.63, 3.8) is 0 Å². The van der Waals surface area contributed by atoms with E-state index in [0.29, 0.717) is 6.42 Å². The Morgan fingerprint density at radius 2 is 2.29 bits per heavy atom. The van der Waals surface area contributed by atoms with E-state index in [1.165, 1.54) is 0 Å². The molecule has 1 unspecified atom stereocenters. The first kappa shape index (κ1) is 12.3. The highest BCUT2D eigenvalue weighted by atomic mass is 16.3. The Hall–Kier alpha value is -1.13. The third kappa shape index (κ3) is 3.17. The van der Waals surface area contributed by atoms with Gasteiger partial charge in [-0.2, -0.15) is 0 Å². The van der Waals surface area contributed by atoms with Crippen LogP contribution in [-0.2, 0) is 11.2 Å². The van der Waals surface area contributed by atoms with Gasteiger partial charge in [0.1, 0.15) is 5.76 Å². The van der Waals surface area contributed by atoms with Gasteiger partial charge in [-0.25, -0.2) is 0 Å². The fourth-order valence-corrected chi connectivity index (χ4v) is 2.32. The zero-order valence-electron chi connectivity index (χ0n) is 10.6. The number of carbonyl (C=O) groups excluding carboxylic acids is 1. The Bertz CT molecular complexity index is 362. The van der Waals surface area contributed by atoms with Crippen molar-refractivity contribution in [3.8, 4) is 0 Å². The van der Waals surface area contributed by atoms with Crippen LogP contribution >= 0.6 is 0 Å². The molecule has 2 heterocycles. The number of nitrogens with zero attached hydrogens (tertiary/aromatic N) is 2. The number of furan rings is 1. The minimum Gasteiger partial charge on any atom is -0.469 e. The van der Waals surface area contributed by atoms with Gasteiger partial charge in [0.25, 0.3) is 0 Å². The fraction of sp³-hybridized carbons (Fsp3) is 0.615. The monoisotopic (exact) mass is 236 g/mol. The lowest BCUT2D eigenvalue weighted by atomic mass is 10.1. The van der Waals surface area contributed by atoms with Crippen molar-refractivity contribution in [2.45, 2.75) is 18.9 Å². The molecule has 0 radical (unpaired) electrons.